The van der Waals surface area contributed by atoms with Crippen molar-refractivity contribution in [3.8, 4) is 0 Å². The summed E-state index contributed by atoms with van der Waals surface area (Å²) in [7, 11) is 0. The van der Waals surface area contributed by atoms with E-state index < -0.39 is 0 Å². The molecule has 0 aromatic carbocycles. The van der Waals surface area contributed by atoms with Crippen molar-refractivity contribution < 1.29 is 5.11 Å². The molecule has 0 radical (unpaired) electrons. The topological polar surface area (TPSA) is 45.1 Å². The number of nitrogens with zero attached hydrogens (tertiary/aromatic N) is 1. The molecule has 0 fully saturated rings. The highest BCUT2D eigenvalue weighted by atomic mass is 79.9. The summed E-state index contributed by atoms with van der Waals surface area (Å²) in [4.78, 5) is 4.01. The number of rotatable bonds is 3. The fourth-order valence-electron chi connectivity index (χ4n) is 0.719. The van der Waals surface area contributed by atoms with Crippen molar-refractivity contribution in [3.63, 3.8) is 0 Å². The van der Waals surface area contributed by atoms with Crippen LogP contribution in [0.15, 0.2) is 16.7 Å². The lowest BCUT2D eigenvalue weighted by Crippen LogP contribution is -2.07. The van der Waals surface area contributed by atoms with Gasteiger partial charge in [-0.2, -0.15) is 0 Å². The quantitative estimate of drug-likeness (QED) is 0.862. The maximum absolute atomic E-state index is 8.54. The van der Waals surface area contributed by atoms with Gasteiger partial charge in [-0.15, -0.1) is 0 Å². The SMILES string of the molecule is OCCNc1ncc(Cl)cc1Br. The van der Waals surface area contributed by atoms with E-state index in [0.29, 0.717) is 17.4 Å². The van der Waals surface area contributed by atoms with Crippen molar-refractivity contribution in [2.24, 2.45) is 0 Å². The van der Waals surface area contributed by atoms with Crippen LogP contribution in [0, 0.1) is 0 Å². The molecule has 1 aromatic heterocycles. The fraction of sp³-hybridized carbons (Fsp3) is 0.286. The van der Waals surface area contributed by atoms with Gasteiger partial charge in [0.15, 0.2) is 0 Å². The molecule has 0 atom stereocenters. The molecule has 2 N–H and O–H groups in total. The zero-order chi connectivity index (χ0) is 8.97. The highest BCUT2D eigenvalue weighted by Gasteiger charge is 2.00. The van der Waals surface area contributed by atoms with E-state index >= 15 is 0 Å². The Bertz CT molecular complexity index is 270. The Balaban J connectivity index is 2.72. The second-order valence-electron chi connectivity index (χ2n) is 2.13. The average molecular weight is 252 g/mol. The van der Waals surface area contributed by atoms with E-state index in [1.807, 2.05) is 0 Å². The van der Waals surface area contributed by atoms with Crippen LogP contribution in [0.5, 0.6) is 0 Å². The molecule has 3 nitrogen and oxygen atoms in total. The first-order valence-corrected chi connectivity index (χ1v) is 4.57. The van der Waals surface area contributed by atoms with Crippen LogP contribution >= 0.6 is 27.5 Å². The predicted molar refractivity (Wildman–Crippen MR) is 52.5 cm³/mol. The summed E-state index contributed by atoms with van der Waals surface area (Å²) < 4.78 is 0.795. The first-order chi connectivity index (χ1) is 5.74. The normalized spacial score (nSPS) is 9.92. The number of aromatic nitrogens is 1. The third-order valence-electron chi connectivity index (χ3n) is 1.21. The third kappa shape index (κ3) is 2.62. The van der Waals surface area contributed by atoms with E-state index in [1.165, 1.54) is 0 Å². The maximum atomic E-state index is 8.54. The van der Waals surface area contributed by atoms with Crippen molar-refractivity contribution in [2.75, 3.05) is 18.5 Å². The van der Waals surface area contributed by atoms with Crippen LogP contribution in [0.4, 0.5) is 5.82 Å². The molecule has 5 heteroatoms. The van der Waals surface area contributed by atoms with Crippen molar-refractivity contribution in [1.29, 1.82) is 0 Å². The summed E-state index contributed by atoms with van der Waals surface area (Å²) in [6.45, 7) is 0.560. The van der Waals surface area contributed by atoms with Crippen LogP contribution in [0.2, 0.25) is 5.02 Å². The first kappa shape index (κ1) is 9.77. The van der Waals surface area contributed by atoms with Gasteiger partial charge >= 0.3 is 0 Å². The minimum absolute atomic E-state index is 0.0801. The Hall–Kier alpha value is -0.320. The fourth-order valence-corrected chi connectivity index (χ4v) is 1.50. The lowest BCUT2D eigenvalue weighted by Gasteiger charge is -2.04. The van der Waals surface area contributed by atoms with Crippen molar-refractivity contribution in [3.05, 3.63) is 21.8 Å². The van der Waals surface area contributed by atoms with Gasteiger partial charge in [0, 0.05) is 12.7 Å². The number of aliphatic hydroxyl groups excluding tert-OH is 1. The molecule has 12 heavy (non-hydrogen) atoms. The van der Waals surface area contributed by atoms with Crippen LogP contribution in [-0.4, -0.2) is 23.2 Å². The average Bonchev–Trinajstić information content (AvgIpc) is 2.03. The van der Waals surface area contributed by atoms with Gasteiger partial charge in [-0.05, 0) is 22.0 Å². The molecule has 0 unspecified atom stereocenters. The molecule has 0 spiro atoms. The van der Waals surface area contributed by atoms with Gasteiger partial charge in [-0.1, -0.05) is 11.6 Å². The molecule has 0 amide bonds. The van der Waals surface area contributed by atoms with Crippen LogP contribution in [0.3, 0.4) is 0 Å². The van der Waals surface area contributed by atoms with Crippen LogP contribution in [0.25, 0.3) is 0 Å². The molecule has 0 aliphatic heterocycles. The summed E-state index contributed by atoms with van der Waals surface area (Å²) in [5, 5.41) is 12.0. The summed E-state index contributed by atoms with van der Waals surface area (Å²) in [5.41, 5.74) is 0. The van der Waals surface area contributed by atoms with Gasteiger partial charge in [-0.25, -0.2) is 4.98 Å². The molecule has 1 rings (SSSR count). The molecular formula is C7H8BrClN2O. The van der Waals surface area contributed by atoms with Gasteiger partial charge < -0.3 is 10.4 Å². The second-order valence-corrected chi connectivity index (χ2v) is 3.43. The smallest absolute Gasteiger partial charge is 0.140 e. The number of aliphatic hydroxyl groups is 1. The molecule has 66 valence electrons. The lowest BCUT2D eigenvalue weighted by molar-refractivity contribution is 0.311. The van der Waals surface area contributed by atoms with Crippen molar-refractivity contribution in [1.82, 2.24) is 4.98 Å². The van der Waals surface area contributed by atoms with Crippen molar-refractivity contribution in [2.45, 2.75) is 0 Å². The Morgan fingerprint density at radius 2 is 2.42 bits per heavy atom. The van der Waals surface area contributed by atoms with E-state index in [9.17, 15) is 0 Å². The van der Waals surface area contributed by atoms with E-state index in [4.69, 9.17) is 16.7 Å². The van der Waals surface area contributed by atoms with Crippen LogP contribution < -0.4 is 5.32 Å². The van der Waals surface area contributed by atoms with Gasteiger partial charge in [-0.3, -0.25) is 0 Å². The van der Waals surface area contributed by atoms with E-state index in [1.54, 1.807) is 12.3 Å². The van der Waals surface area contributed by atoms with Gasteiger partial charge in [0.05, 0.1) is 16.1 Å². The first-order valence-electron chi connectivity index (χ1n) is 3.40. The number of nitrogens with one attached hydrogen (secondary N) is 1. The Morgan fingerprint density at radius 3 is 3.00 bits per heavy atom. The molecule has 0 saturated carbocycles. The van der Waals surface area contributed by atoms with Gasteiger partial charge in [0.25, 0.3) is 0 Å². The molecule has 1 heterocycles. The summed E-state index contributed by atoms with van der Waals surface area (Å²) in [6, 6.07) is 1.74. The number of halogens is 2. The van der Waals surface area contributed by atoms with Gasteiger partial charge in [0.1, 0.15) is 5.82 Å². The van der Waals surface area contributed by atoms with Crippen LogP contribution in [-0.2, 0) is 0 Å². The summed E-state index contributed by atoms with van der Waals surface area (Å²) in [5.74, 6) is 0.688. The minimum atomic E-state index is 0.0801. The summed E-state index contributed by atoms with van der Waals surface area (Å²) >= 11 is 8.97. The number of pyridine rings is 1. The van der Waals surface area contributed by atoms with E-state index in [-0.39, 0.29) is 6.61 Å². The maximum Gasteiger partial charge on any atom is 0.140 e. The zero-order valence-electron chi connectivity index (χ0n) is 6.22. The van der Waals surface area contributed by atoms with Crippen molar-refractivity contribution >= 4 is 33.3 Å². The molecule has 0 aliphatic carbocycles. The van der Waals surface area contributed by atoms with E-state index in [0.717, 1.165) is 4.47 Å². The standard InChI is InChI=1S/C7H8BrClN2O/c8-6-3-5(9)4-11-7(6)10-1-2-12/h3-4,12H,1-2H2,(H,10,11). The zero-order valence-corrected chi connectivity index (χ0v) is 8.56. The predicted octanol–water partition coefficient (Wildman–Crippen LogP) is 1.90. The number of hydrogen-bond acceptors (Lipinski definition) is 3. The largest absolute Gasteiger partial charge is 0.395 e. The highest BCUT2D eigenvalue weighted by molar-refractivity contribution is 9.10. The van der Waals surface area contributed by atoms with E-state index in [2.05, 4.69) is 26.2 Å². The number of anilines is 1. The summed E-state index contributed by atoms with van der Waals surface area (Å²) in [6.07, 6.45) is 1.55. The highest BCUT2D eigenvalue weighted by Crippen LogP contribution is 2.22. The van der Waals surface area contributed by atoms with Crippen LogP contribution in [0.1, 0.15) is 0 Å². The number of hydrogen-bond donors (Lipinski definition) is 2. The molecule has 0 saturated heterocycles. The Kier molecular flexibility index (Phi) is 3.78. The third-order valence-corrected chi connectivity index (χ3v) is 2.02. The Labute approximate surface area is 83.9 Å². The molecule has 1 aromatic rings. The Morgan fingerprint density at radius 1 is 1.67 bits per heavy atom. The minimum Gasteiger partial charge on any atom is -0.395 e. The monoisotopic (exact) mass is 250 g/mol. The molecule has 0 bridgehead atoms. The molecular weight excluding hydrogens is 243 g/mol. The second kappa shape index (κ2) is 4.64. The lowest BCUT2D eigenvalue weighted by atomic mass is 10.4. The molecule has 0 aliphatic rings. The van der Waals surface area contributed by atoms with Gasteiger partial charge in [0.2, 0.25) is 0 Å².